The van der Waals surface area contributed by atoms with Gasteiger partial charge >= 0.3 is 0 Å². The minimum absolute atomic E-state index is 0.124. The number of benzene rings is 2. The standard InChI is InChI=1S/C31H42N2O4/c1-36-28-13-9-24(10-14-28)30(34)26(22-32-17-5-3-6-18-32)21-27(23-33-19-7-4-8-20-33)31(35)25-11-15-29(37-2)16-12-25/h9-16,26-27H,3-8,17-23H2,1-2H3. The average molecular weight is 507 g/mol. The Bertz CT molecular complexity index is 911. The maximum Gasteiger partial charge on any atom is 0.167 e. The molecule has 200 valence electrons. The van der Waals surface area contributed by atoms with Crippen LogP contribution in [-0.4, -0.2) is 74.9 Å². The number of ether oxygens (including phenoxy) is 2. The lowest BCUT2D eigenvalue weighted by Gasteiger charge is -2.34. The molecular formula is C31H42N2O4. The zero-order chi connectivity index (χ0) is 26.0. The second-order valence-corrected chi connectivity index (χ2v) is 10.5. The summed E-state index contributed by atoms with van der Waals surface area (Å²) in [6.45, 7) is 5.50. The molecule has 2 fully saturated rings. The van der Waals surface area contributed by atoms with E-state index in [9.17, 15) is 9.59 Å². The van der Waals surface area contributed by atoms with E-state index in [-0.39, 0.29) is 23.4 Å². The van der Waals surface area contributed by atoms with Crippen LogP contribution in [0.5, 0.6) is 11.5 Å². The summed E-state index contributed by atoms with van der Waals surface area (Å²) in [5.74, 6) is 1.26. The van der Waals surface area contributed by atoms with Crippen molar-refractivity contribution in [1.82, 2.24) is 9.80 Å². The van der Waals surface area contributed by atoms with Gasteiger partial charge in [-0.1, -0.05) is 12.8 Å². The Morgan fingerprint density at radius 1 is 0.622 bits per heavy atom. The van der Waals surface area contributed by atoms with Crippen molar-refractivity contribution in [3.8, 4) is 11.5 Å². The van der Waals surface area contributed by atoms with E-state index in [2.05, 4.69) is 9.80 Å². The van der Waals surface area contributed by atoms with E-state index in [1.165, 1.54) is 38.5 Å². The van der Waals surface area contributed by atoms with Gasteiger partial charge in [0.25, 0.3) is 0 Å². The van der Waals surface area contributed by atoms with Gasteiger partial charge in [-0.2, -0.15) is 0 Å². The third-order valence-electron chi connectivity index (χ3n) is 7.91. The molecule has 0 N–H and O–H groups in total. The van der Waals surface area contributed by atoms with Crippen LogP contribution in [0.4, 0.5) is 0 Å². The molecule has 2 aromatic carbocycles. The normalized spacial score (nSPS) is 18.6. The van der Waals surface area contributed by atoms with E-state index in [4.69, 9.17) is 9.47 Å². The number of methoxy groups -OCH3 is 2. The maximum absolute atomic E-state index is 13.9. The number of ketones is 2. The Morgan fingerprint density at radius 2 is 0.973 bits per heavy atom. The molecule has 0 bridgehead atoms. The number of carbonyl (C=O) groups is 2. The first-order valence-corrected chi connectivity index (χ1v) is 13.9. The predicted molar refractivity (Wildman–Crippen MR) is 147 cm³/mol. The lowest BCUT2D eigenvalue weighted by Crippen LogP contribution is -2.41. The second kappa shape index (κ2) is 13.7. The first-order valence-electron chi connectivity index (χ1n) is 13.9. The van der Waals surface area contributed by atoms with Crippen LogP contribution >= 0.6 is 0 Å². The van der Waals surface area contributed by atoms with Crippen molar-refractivity contribution in [1.29, 1.82) is 0 Å². The average Bonchev–Trinajstić information content (AvgIpc) is 2.97. The second-order valence-electron chi connectivity index (χ2n) is 10.5. The fourth-order valence-electron chi connectivity index (χ4n) is 5.76. The molecule has 6 nitrogen and oxygen atoms in total. The fraction of sp³-hybridized carbons (Fsp3) is 0.548. The zero-order valence-electron chi connectivity index (χ0n) is 22.5. The van der Waals surface area contributed by atoms with Crippen LogP contribution in [0.15, 0.2) is 48.5 Å². The van der Waals surface area contributed by atoms with Gasteiger partial charge in [0.2, 0.25) is 0 Å². The van der Waals surface area contributed by atoms with Gasteiger partial charge in [0.15, 0.2) is 11.6 Å². The summed E-state index contributed by atoms with van der Waals surface area (Å²) in [6.07, 6.45) is 7.75. The highest BCUT2D eigenvalue weighted by atomic mass is 16.5. The van der Waals surface area contributed by atoms with Gasteiger partial charge < -0.3 is 19.3 Å². The van der Waals surface area contributed by atoms with E-state index in [0.717, 1.165) is 37.7 Å². The van der Waals surface area contributed by atoms with Crippen molar-refractivity contribution in [3.63, 3.8) is 0 Å². The molecule has 2 atom stereocenters. The molecule has 2 aromatic rings. The van der Waals surface area contributed by atoms with Gasteiger partial charge in [-0.25, -0.2) is 0 Å². The van der Waals surface area contributed by atoms with Crippen LogP contribution in [0.3, 0.4) is 0 Å². The SMILES string of the molecule is COc1ccc(C(=O)C(CC(CN2CCCCC2)C(=O)c2ccc(OC)cc2)CN2CCCCC2)cc1. The van der Waals surface area contributed by atoms with Gasteiger partial charge in [0.05, 0.1) is 14.2 Å². The van der Waals surface area contributed by atoms with Gasteiger partial charge in [0, 0.05) is 36.1 Å². The topological polar surface area (TPSA) is 59.1 Å². The van der Waals surface area contributed by atoms with Crippen LogP contribution in [0, 0.1) is 11.8 Å². The molecule has 6 heteroatoms. The number of likely N-dealkylation sites (tertiary alicyclic amines) is 2. The maximum atomic E-state index is 13.9. The smallest absolute Gasteiger partial charge is 0.167 e. The van der Waals surface area contributed by atoms with Crippen LogP contribution in [0.2, 0.25) is 0 Å². The third-order valence-corrected chi connectivity index (χ3v) is 7.91. The summed E-state index contributed by atoms with van der Waals surface area (Å²) in [4.78, 5) is 32.6. The summed E-state index contributed by atoms with van der Waals surface area (Å²) in [5, 5.41) is 0. The first kappa shape index (κ1) is 27.3. The van der Waals surface area contributed by atoms with Gasteiger partial charge in [0.1, 0.15) is 11.5 Å². The number of piperidine rings is 2. The van der Waals surface area contributed by atoms with Crippen LogP contribution in [0.25, 0.3) is 0 Å². The molecule has 2 aliphatic heterocycles. The molecule has 4 rings (SSSR count). The minimum atomic E-state index is -0.233. The monoisotopic (exact) mass is 506 g/mol. The number of carbonyl (C=O) groups excluding carboxylic acids is 2. The van der Waals surface area contributed by atoms with Crippen molar-refractivity contribution in [2.75, 3.05) is 53.5 Å². The number of rotatable bonds is 12. The molecule has 0 radical (unpaired) electrons. The minimum Gasteiger partial charge on any atom is -0.497 e. The Morgan fingerprint density at radius 3 is 1.30 bits per heavy atom. The summed E-state index contributed by atoms with van der Waals surface area (Å²) in [5.41, 5.74) is 1.38. The lowest BCUT2D eigenvalue weighted by atomic mass is 9.83. The summed E-state index contributed by atoms with van der Waals surface area (Å²) < 4.78 is 10.6. The quantitative estimate of drug-likeness (QED) is 0.361. The number of nitrogens with zero attached hydrogens (tertiary/aromatic N) is 2. The number of Topliss-reactive ketones (excluding diaryl/α,β-unsaturated/α-hetero) is 2. The van der Waals surface area contributed by atoms with Crippen LogP contribution < -0.4 is 9.47 Å². The Hall–Kier alpha value is -2.70. The van der Waals surface area contributed by atoms with Crippen molar-refractivity contribution in [3.05, 3.63) is 59.7 Å². The molecule has 37 heavy (non-hydrogen) atoms. The fourth-order valence-corrected chi connectivity index (χ4v) is 5.76. The largest absolute Gasteiger partial charge is 0.497 e. The molecule has 2 unspecified atom stereocenters. The highest BCUT2D eigenvalue weighted by Crippen LogP contribution is 2.27. The zero-order valence-corrected chi connectivity index (χ0v) is 22.5. The Labute approximate surface area is 221 Å². The molecule has 0 spiro atoms. The number of hydrogen-bond donors (Lipinski definition) is 0. The van der Waals surface area contributed by atoms with E-state index in [1.54, 1.807) is 14.2 Å². The van der Waals surface area contributed by atoms with E-state index in [1.807, 2.05) is 48.5 Å². The highest BCUT2D eigenvalue weighted by molar-refractivity contribution is 6.00. The van der Waals surface area contributed by atoms with Gasteiger partial charge in [-0.05, 0) is 107 Å². The molecular weight excluding hydrogens is 464 g/mol. The molecule has 2 aliphatic rings. The Kier molecular flexibility index (Phi) is 10.1. The van der Waals surface area contributed by atoms with Crippen LogP contribution in [-0.2, 0) is 0 Å². The molecule has 2 heterocycles. The van der Waals surface area contributed by atoms with Crippen molar-refractivity contribution >= 4 is 11.6 Å². The first-order chi connectivity index (χ1) is 18.1. The molecule has 0 amide bonds. The Balaban J connectivity index is 1.59. The van der Waals surface area contributed by atoms with Crippen molar-refractivity contribution in [2.24, 2.45) is 11.8 Å². The van der Waals surface area contributed by atoms with Crippen LogP contribution in [0.1, 0.15) is 65.7 Å². The van der Waals surface area contributed by atoms with E-state index >= 15 is 0 Å². The summed E-state index contributed by atoms with van der Waals surface area (Å²) in [6, 6.07) is 14.8. The van der Waals surface area contributed by atoms with E-state index in [0.29, 0.717) is 30.6 Å². The summed E-state index contributed by atoms with van der Waals surface area (Å²) >= 11 is 0. The highest BCUT2D eigenvalue weighted by Gasteiger charge is 2.32. The molecule has 0 aromatic heterocycles. The molecule has 0 aliphatic carbocycles. The lowest BCUT2D eigenvalue weighted by molar-refractivity contribution is 0.0752. The van der Waals surface area contributed by atoms with Gasteiger partial charge in [-0.3, -0.25) is 9.59 Å². The van der Waals surface area contributed by atoms with Crippen molar-refractivity contribution < 1.29 is 19.1 Å². The number of hydrogen-bond acceptors (Lipinski definition) is 6. The molecule has 0 saturated carbocycles. The summed E-state index contributed by atoms with van der Waals surface area (Å²) in [7, 11) is 3.26. The third kappa shape index (κ3) is 7.65. The predicted octanol–water partition coefficient (Wildman–Crippen LogP) is 5.36. The van der Waals surface area contributed by atoms with Crippen molar-refractivity contribution in [2.45, 2.75) is 44.9 Å². The van der Waals surface area contributed by atoms with E-state index < -0.39 is 0 Å². The van der Waals surface area contributed by atoms with Gasteiger partial charge in [-0.15, -0.1) is 0 Å². The molecule has 2 saturated heterocycles.